The van der Waals surface area contributed by atoms with Crippen LogP contribution < -0.4 is 10.7 Å². The van der Waals surface area contributed by atoms with Crippen LogP contribution in [0.25, 0.3) is 0 Å². The second-order valence-electron chi connectivity index (χ2n) is 4.70. The van der Waals surface area contributed by atoms with Gasteiger partial charge in [-0.05, 0) is 31.1 Å². The molecule has 102 valence electrons. The van der Waals surface area contributed by atoms with Gasteiger partial charge in [0.05, 0.1) is 6.21 Å². The lowest BCUT2D eigenvalue weighted by Crippen LogP contribution is -2.40. The van der Waals surface area contributed by atoms with Gasteiger partial charge in [0.25, 0.3) is 0 Å². The van der Waals surface area contributed by atoms with E-state index in [2.05, 4.69) is 15.8 Å². The summed E-state index contributed by atoms with van der Waals surface area (Å²) in [5, 5.41) is 7.68. The number of hydrogen-bond donors (Lipinski definition) is 2. The smallest absolute Gasteiger partial charge is 0.187 e. The Bertz CT molecular complexity index is 456. The van der Waals surface area contributed by atoms with Gasteiger partial charge in [-0.15, -0.1) is 0 Å². The van der Waals surface area contributed by atoms with Crippen LogP contribution in [0.5, 0.6) is 0 Å². The zero-order chi connectivity index (χ0) is 13.5. The van der Waals surface area contributed by atoms with Crippen LogP contribution >= 0.6 is 12.2 Å². The Labute approximate surface area is 118 Å². The van der Waals surface area contributed by atoms with Crippen molar-refractivity contribution in [1.29, 1.82) is 0 Å². The minimum absolute atomic E-state index is 0.292. The molecule has 0 aromatic heterocycles. The van der Waals surface area contributed by atoms with E-state index in [4.69, 9.17) is 12.2 Å². The summed E-state index contributed by atoms with van der Waals surface area (Å²) < 4.78 is 13.3. The third-order valence-electron chi connectivity index (χ3n) is 3.22. The van der Waals surface area contributed by atoms with E-state index in [-0.39, 0.29) is 5.82 Å². The van der Waals surface area contributed by atoms with E-state index >= 15 is 0 Å². The first-order valence-electron chi connectivity index (χ1n) is 6.60. The van der Waals surface area contributed by atoms with Crippen molar-refractivity contribution in [2.24, 2.45) is 5.10 Å². The van der Waals surface area contributed by atoms with E-state index in [1.807, 2.05) is 0 Å². The molecule has 0 atom stereocenters. The molecule has 1 aliphatic carbocycles. The number of hydrazone groups is 1. The van der Waals surface area contributed by atoms with Gasteiger partial charge in [-0.3, -0.25) is 5.43 Å². The molecule has 0 bridgehead atoms. The van der Waals surface area contributed by atoms with Gasteiger partial charge in [0.15, 0.2) is 5.11 Å². The first-order valence-corrected chi connectivity index (χ1v) is 7.00. The molecular weight excluding hydrogens is 261 g/mol. The van der Waals surface area contributed by atoms with E-state index in [0.29, 0.717) is 16.7 Å². The second kappa shape index (κ2) is 7.19. The van der Waals surface area contributed by atoms with Crippen LogP contribution in [-0.2, 0) is 0 Å². The normalized spacial score (nSPS) is 16.5. The Morgan fingerprint density at radius 2 is 2.00 bits per heavy atom. The fraction of sp³-hybridized carbons (Fsp3) is 0.429. The largest absolute Gasteiger partial charge is 0.359 e. The topological polar surface area (TPSA) is 36.4 Å². The molecule has 0 unspecified atom stereocenters. The molecule has 3 nitrogen and oxygen atoms in total. The summed E-state index contributed by atoms with van der Waals surface area (Å²) in [5.41, 5.74) is 3.17. The highest BCUT2D eigenvalue weighted by Crippen LogP contribution is 2.17. The Morgan fingerprint density at radius 1 is 1.26 bits per heavy atom. The number of thiocarbonyl (C=S) groups is 1. The van der Waals surface area contributed by atoms with Crippen LogP contribution in [0.15, 0.2) is 29.4 Å². The Hall–Kier alpha value is -1.49. The third-order valence-corrected chi connectivity index (χ3v) is 3.42. The summed E-state index contributed by atoms with van der Waals surface area (Å²) in [6.45, 7) is 0. The molecular formula is C14H18FN3S. The van der Waals surface area contributed by atoms with Gasteiger partial charge in [-0.1, -0.05) is 37.5 Å². The van der Waals surface area contributed by atoms with Gasteiger partial charge in [-0.2, -0.15) is 5.10 Å². The molecule has 1 saturated carbocycles. The van der Waals surface area contributed by atoms with Gasteiger partial charge < -0.3 is 5.32 Å². The highest BCUT2D eigenvalue weighted by atomic mass is 32.1. The Kier molecular flexibility index (Phi) is 5.27. The van der Waals surface area contributed by atoms with Gasteiger partial charge in [0.2, 0.25) is 0 Å². The van der Waals surface area contributed by atoms with Crippen molar-refractivity contribution in [3.8, 4) is 0 Å². The lowest BCUT2D eigenvalue weighted by atomic mass is 9.96. The van der Waals surface area contributed by atoms with Gasteiger partial charge in [0.1, 0.15) is 5.82 Å². The summed E-state index contributed by atoms with van der Waals surface area (Å²) >= 11 is 5.15. The van der Waals surface area contributed by atoms with Crippen molar-refractivity contribution in [2.75, 3.05) is 0 Å². The van der Waals surface area contributed by atoms with Crippen molar-refractivity contribution in [3.05, 3.63) is 35.6 Å². The zero-order valence-corrected chi connectivity index (χ0v) is 11.5. The number of halogens is 1. The van der Waals surface area contributed by atoms with Crippen LogP contribution in [0.4, 0.5) is 4.39 Å². The number of nitrogens with zero attached hydrogens (tertiary/aromatic N) is 1. The second-order valence-corrected chi connectivity index (χ2v) is 5.11. The summed E-state index contributed by atoms with van der Waals surface area (Å²) in [4.78, 5) is 0. The molecule has 0 spiro atoms. The molecule has 1 aliphatic rings. The fourth-order valence-corrected chi connectivity index (χ4v) is 2.42. The minimum Gasteiger partial charge on any atom is -0.359 e. The van der Waals surface area contributed by atoms with Crippen molar-refractivity contribution in [2.45, 2.75) is 38.1 Å². The van der Waals surface area contributed by atoms with E-state index < -0.39 is 0 Å². The molecule has 0 heterocycles. The molecule has 0 radical (unpaired) electrons. The maximum Gasteiger partial charge on any atom is 0.187 e. The fourth-order valence-electron chi connectivity index (χ4n) is 2.20. The van der Waals surface area contributed by atoms with Crippen LogP contribution in [0.2, 0.25) is 0 Å². The van der Waals surface area contributed by atoms with E-state index in [0.717, 1.165) is 12.8 Å². The molecule has 0 amide bonds. The third kappa shape index (κ3) is 4.59. The number of nitrogens with one attached hydrogen (secondary N) is 2. The predicted octanol–water partition coefficient (Wildman–Crippen LogP) is 2.96. The first kappa shape index (κ1) is 13.9. The summed E-state index contributed by atoms with van der Waals surface area (Å²) in [5.74, 6) is -0.292. The SMILES string of the molecule is Fc1ccccc1/C=N\NC(=S)NC1CCCCC1. The lowest BCUT2D eigenvalue weighted by molar-refractivity contribution is 0.412. The molecule has 5 heteroatoms. The first-order chi connectivity index (χ1) is 9.25. The monoisotopic (exact) mass is 279 g/mol. The van der Waals surface area contributed by atoms with Gasteiger partial charge in [0, 0.05) is 11.6 Å². The van der Waals surface area contributed by atoms with Crippen molar-refractivity contribution in [3.63, 3.8) is 0 Å². The minimum atomic E-state index is -0.292. The number of rotatable bonds is 3. The van der Waals surface area contributed by atoms with Gasteiger partial charge in [-0.25, -0.2) is 4.39 Å². The standard InChI is InChI=1S/C14H18FN3S/c15-13-9-5-4-6-11(13)10-16-18-14(19)17-12-7-2-1-3-8-12/h4-6,9-10,12H,1-3,7-8H2,(H2,17,18,19)/b16-10-. The van der Waals surface area contributed by atoms with E-state index in [9.17, 15) is 4.39 Å². The molecule has 1 aromatic rings. The average molecular weight is 279 g/mol. The summed E-state index contributed by atoms with van der Waals surface area (Å²) in [6.07, 6.45) is 7.54. The highest BCUT2D eigenvalue weighted by Gasteiger charge is 2.13. The zero-order valence-electron chi connectivity index (χ0n) is 10.7. The van der Waals surface area contributed by atoms with E-state index in [1.54, 1.807) is 18.2 Å². The summed E-state index contributed by atoms with van der Waals surface area (Å²) in [6, 6.07) is 6.92. The van der Waals surface area contributed by atoms with Gasteiger partial charge >= 0.3 is 0 Å². The maximum atomic E-state index is 13.3. The quantitative estimate of drug-likeness (QED) is 0.507. The van der Waals surface area contributed by atoms with Crippen molar-refractivity contribution in [1.82, 2.24) is 10.7 Å². The maximum absolute atomic E-state index is 13.3. The van der Waals surface area contributed by atoms with Crippen LogP contribution in [-0.4, -0.2) is 17.4 Å². The van der Waals surface area contributed by atoms with E-state index in [1.165, 1.54) is 31.5 Å². The van der Waals surface area contributed by atoms with Crippen LogP contribution in [0.1, 0.15) is 37.7 Å². The van der Waals surface area contributed by atoms with Crippen molar-refractivity contribution < 1.29 is 4.39 Å². The molecule has 2 N–H and O–H groups in total. The molecule has 0 aliphatic heterocycles. The summed E-state index contributed by atoms with van der Waals surface area (Å²) in [7, 11) is 0. The van der Waals surface area contributed by atoms with Crippen LogP contribution in [0.3, 0.4) is 0 Å². The number of hydrogen-bond acceptors (Lipinski definition) is 2. The molecule has 19 heavy (non-hydrogen) atoms. The van der Waals surface area contributed by atoms with Crippen LogP contribution in [0, 0.1) is 5.82 Å². The predicted molar refractivity (Wildman–Crippen MR) is 79.7 cm³/mol. The molecule has 1 fully saturated rings. The average Bonchev–Trinajstić information content (AvgIpc) is 2.42. The lowest BCUT2D eigenvalue weighted by Gasteiger charge is -2.23. The highest BCUT2D eigenvalue weighted by molar-refractivity contribution is 7.80. The molecule has 1 aromatic carbocycles. The molecule has 0 saturated heterocycles. The van der Waals surface area contributed by atoms with Crippen molar-refractivity contribution >= 4 is 23.5 Å². The number of benzene rings is 1. The Morgan fingerprint density at radius 3 is 2.74 bits per heavy atom. The molecule has 2 rings (SSSR count). The Balaban J connectivity index is 1.78.